The van der Waals surface area contributed by atoms with Crippen LogP contribution in [0.1, 0.15) is 33.6 Å². The molecule has 0 saturated carbocycles. The molecular weight excluding hydrogens is 352 g/mol. The third kappa shape index (κ3) is 3.63. The molecule has 1 aliphatic heterocycles. The zero-order chi connectivity index (χ0) is 19.7. The number of likely N-dealkylation sites (tertiary alicyclic amines) is 1. The van der Waals surface area contributed by atoms with E-state index in [1.165, 1.54) is 0 Å². The Morgan fingerprint density at radius 3 is 2.93 bits per heavy atom. The number of nitrogens with two attached hydrogens (primary N) is 1. The molecule has 2 aromatic heterocycles. The van der Waals surface area contributed by atoms with Crippen molar-refractivity contribution in [3.63, 3.8) is 0 Å². The summed E-state index contributed by atoms with van der Waals surface area (Å²) in [7, 11) is 0. The number of hydrogen-bond acceptors (Lipinski definition) is 3. The van der Waals surface area contributed by atoms with Crippen molar-refractivity contribution >= 4 is 17.5 Å². The average Bonchev–Trinajstić information content (AvgIpc) is 3.30. The van der Waals surface area contributed by atoms with E-state index in [1.54, 1.807) is 12.3 Å². The Morgan fingerprint density at radius 1 is 1.25 bits per heavy atom. The first-order valence-corrected chi connectivity index (χ1v) is 9.59. The Kier molecular flexibility index (Phi) is 4.86. The molecule has 0 aliphatic carbocycles. The monoisotopic (exact) mass is 376 g/mol. The van der Waals surface area contributed by atoms with Gasteiger partial charge in [-0.05, 0) is 55.0 Å². The minimum atomic E-state index is -0.409. The van der Waals surface area contributed by atoms with Gasteiger partial charge in [-0.1, -0.05) is 18.2 Å². The van der Waals surface area contributed by atoms with Gasteiger partial charge in [-0.3, -0.25) is 9.59 Å². The molecule has 2 N–H and O–H groups in total. The standard InChI is InChI=1S/C22H24N4O2/c1-15-4-3-8-26-19(13-24-22(15)26)12-20(27)25-9-7-17(14-25)10-16-5-2-6-18(11-16)21(23)28/h2-6,8,11,13,17H,7,9-10,12,14H2,1H3,(H2,23,28)/t17-/m1/s1. The second kappa shape index (κ2) is 7.46. The van der Waals surface area contributed by atoms with Crippen LogP contribution in [0.25, 0.3) is 5.65 Å². The number of hydrogen-bond donors (Lipinski definition) is 1. The number of fused-ring (bicyclic) bond motifs is 1. The van der Waals surface area contributed by atoms with E-state index in [0.717, 1.165) is 48.4 Å². The maximum atomic E-state index is 12.8. The largest absolute Gasteiger partial charge is 0.366 e. The number of carbonyl (C=O) groups is 2. The van der Waals surface area contributed by atoms with E-state index in [9.17, 15) is 9.59 Å². The molecule has 28 heavy (non-hydrogen) atoms. The van der Waals surface area contributed by atoms with Gasteiger partial charge in [0.1, 0.15) is 5.65 Å². The van der Waals surface area contributed by atoms with Gasteiger partial charge in [0.2, 0.25) is 11.8 Å². The molecule has 1 saturated heterocycles. The normalized spacial score (nSPS) is 16.6. The SMILES string of the molecule is Cc1cccn2c(CC(=O)N3CC[C@H](Cc4cccc(C(N)=O)c4)C3)cnc12. The second-order valence-corrected chi connectivity index (χ2v) is 7.57. The summed E-state index contributed by atoms with van der Waals surface area (Å²) >= 11 is 0. The average molecular weight is 376 g/mol. The molecule has 0 bridgehead atoms. The molecule has 0 unspecified atom stereocenters. The number of amides is 2. The van der Waals surface area contributed by atoms with Crippen LogP contribution in [0.4, 0.5) is 0 Å². The quantitative estimate of drug-likeness (QED) is 0.742. The molecular formula is C22H24N4O2. The van der Waals surface area contributed by atoms with Crippen molar-refractivity contribution in [2.24, 2.45) is 11.7 Å². The van der Waals surface area contributed by atoms with Crippen LogP contribution in [-0.4, -0.2) is 39.2 Å². The first-order chi connectivity index (χ1) is 13.5. The van der Waals surface area contributed by atoms with Crippen LogP contribution in [0.2, 0.25) is 0 Å². The summed E-state index contributed by atoms with van der Waals surface area (Å²) in [6, 6.07) is 11.5. The smallest absolute Gasteiger partial charge is 0.248 e. The Bertz CT molecular complexity index is 1040. The number of imidazole rings is 1. The molecule has 1 fully saturated rings. The number of nitrogens with zero attached hydrogens (tertiary/aromatic N) is 3. The topological polar surface area (TPSA) is 80.7 Å². The highest BCUT2D eigenvalue weighted by Crippen LogP contribution is 2.22. The van der Waals surface area contributed by atoms with Gasteiger partial charge in [-0.25, -0.2) is 4.98 Å². The Labute approximate surface area is 164 Å². The summed E-state index contributed by atoms with van der Waals surface area (Å²) in [5.74, 6) is 0.126. The highest BCUT2D eigenvalue weighted by atomic mass is 16.2. The van der Waals surface area contributed by atoms with E-state index in [2.05, 4.69) is 4.98 Å². The molecule has 1 aliphatic rings. The van der Waals surface area contributed by atoms with Crippen LogP contribution in [0.15, 0.2) is 48.8 Å². The number of rotatable bonds is 5. The van der Waals surface area contributed by atoms with Crippen LogP contribution in [0.3, 0.4) is 0 Å². The fraction of sp³-hybridized carbons (Fsp3) is 0.318. The zero-order valence-electron chi connectivity index (χ0n) is 16.0. The molecule has 0 radical (unpaired) electrons. The molecule has 6 heteroatoms. The zero-order valence-corrected chi connectivity index (χ0v) is 16.0. The maximum absolute atomic E-state index is 12.8. The van der Waals surface area contributed by atoms with Crippen molar-refractivity contribution in [3.05, 3.63) is 71.2 Å². The van der Waals surface area contributed by atoms with Gasteiger partial charge in [-0.2, -0.15) is 0 Å². The second-order valence-electron chi connectivity index (χ2n) is 7.57. The van der Waals surface area contributed by atoms with Gasteiger partial charge in [0, 0.05) is 31.0 Å². The van der Waals surface area contributed by atoms with Gasteiger partial charge >= 0.3 is 0 Å². The van der Waals surface area contributed by atoms with Crippen LogP contribution < -0.4 is 5.73 Å². The Hall–Kier alpha value is -3.15. The maximum Gasteiger partial charge on any atom is 0.248 e. The molecule has 2 amide bonds. The summed E-state index contributed by atoms with van der Waals surface area (Å²) < 4.78 is 2.00. The summed E-state index contributed by atoms with van der Waals surface area (Å²) in [5, 5.41) is 0. The van der Waals surface area contributed by atoms with Crippen LogP contribution in [0, 0.1) is 12.8 Å². The van der Waals surface area contributed by atoms with E-state index in [1.807, 2.05) is 52.8 Å². The summed E-state index contributed by atoms with van der Waals surface area (Å²) in [6.07, 6.45) is 5.92. The van der Waals surface area contributed by atoms with Gasteiger partial charge < -0.3 is 15.0 Å². The first kappa shape index (κ1) is 18.2. The Balaban J connectivity index is 1.39. The van der Waals surface area contributed by atoms with Crippen molar-refractivity contribution in [3.8, 4) is 0 Å². The van der Waals surface area contributed by atoms with Gasteiger partial charge in [0.25, 0.3) is 0 Å². The van der Waals surface area contributed by atoms with Gasteiger partial charge in [-0.15, -0.1) is 0 Å². The molecule has 3 heterocycles. The van der Waals surface area contributed by atoms with E-state index in [0.29, 0.717) is 17.9 Å². The molecule has 1 aromatic carbocycles. The molecule has 1 atom stereocenters. The molecule has 0 spiro atoms. The predicted molar refractivity (Wildman–Crippen MR) is 107 cm³/mol. The lowest BCUT2D eigenvalue weighted by atomic mass is 9.97. The van der Waals surface area contributed by atoms with Crippen LogP contribution >= 0.6 is 0 Å². The lowest BCUT2D eigenvalue weighted by Crippen LogP contribution is -2.30. The van der Waals surface area contributed by atoms with E-state index in [-0.39, 0.29) is 5.91 Å². The van der Waals surface area contributed by atoms with Crippen molar-refractivity contribution in [1.82, 2.24) is 14.3 Å². The van der Waals surface area contributed by atoms with Crippen LogP contribution in [0.5, 0.6) is 0 Å². The van der Waals surface area contributed by atoms with E-state index in [4.69, 9.17) is 5.73 Å². The van der Waals surface area contributed by atoms with Gasteiger partial charge in [0.05, 0.1) is 12.1 Å². The number of pyridine rings is 1. The summed E-state index contributed by atoms with van der Waals surface area (Å²) in [5.41, 5.74) is 9.91. The fourth-order valence-electron chi connectivity index (χ4n) is 4.01. The third-order valence-corrected chi connectivity index (χ3v) is 5.51. The fourth-order valence-corrected chi connectivity index (χ4v) is 4.01. The predicted octanol–water partition coefficient (Wildman–Crippen LogP) is 2.38. The number of carbonyl (C=O) groups excluding carboxylic acids is 2. The highest BCUT2D eigenvalue weighted by Gasteiger charge is 2.27. The van der Waals surface area contributed by atoms with Crippen molar-refractivity contribution in [1.29, 1.82) is 0 Å². The third-order valence-electron chi connectivity index (χ3n) is 5.51. The lowest BCUT2D eigenvalue weighted by molar-refractivity contribution is -0.129. The van der Waals surface area contributed by atoms with Crippen molar-refractivity contribution in [2.45, 2.75) is 26.2 Å². The number of aromatic nitrogens is 2. The minimum Gasteiger partial charge on any atom is -0.366 e. The van der Waals surface area contributed by atoms with Gasteiger partial charge in [0.15, 0.2) is 0 Å². The van der Waals surface area contributed by atoms with Crippen molar-refractivity contribution < 1.29 is 9.59 Å². The van der Waals surface area contributed by atoms with Crippen molar-refractivity contribution in [2.75, 3.05) is 13.1 Å². The molecule has 4 rings (SSSR count). The van der Waals surface area contributed by atoms with E-state index < -0.39 is 5.91 Å². The number of primary amides is 1. The lowest BCUT2D eigenvalue weighted by Gasteiger charge is -2.17. The molecule has 6 nitrogen and oxygen atoms in total. The first-order valence-electron chi connectivity index (χ1n) is 9.59. The molecule has 3 aromatic rings. The Morgan fingerprint density at radius 2 is 2.11 bits per heavy atom. The minimum absolute atomic E-state index is 0.136. The number of aryl methyl sites for hydroxylation is 1. The summed E-state index contributed by atoms with van der Waals surface area (Å²) in [4.78, 5) is 30.6. The highest BCUT2D eigenvalue weighted by molar-refractivity contribution is 5.92. The summed E-state index contributed by atoms with van der Waals surface area (Å²) in [6.45, 7) is 3.54. The van der Waals surface area contributed by atoms with Crippen LogP contribution in [-0.2, 0) is 17.6 Å². The molecule has 144 valence electrons. The number of benzene rings is 1. The van der Waals surface area contributed by atoms with E-state index >= 15 is 0 Å².